The van der Waals surface area contributed by atoms with E-state index in [0.717, 1.165) is 31.5 Å². The van der Waals surface area contributed by atoms with Crippen molar-refractivity contribution < 1.29 is 4.79 Å². The Hall–Kier alpha value is -1.36. The molecular weight excluding hydrogens is 252 g/mol. The van der Waals surface area contributed by atoms with E-state index in [4.69, 9.17) is 0 Å². The zero-order valence-electron chi connectivity index (χ0n) is 13.0. The van der Waals surface area contributed by atoms with Gasteiger partial charge in [0, 0.05) is 30.8 Å². The van der Waals surface area contributed by atoms with Crippen molar-refractivity contribution in [3.8, 4) is 0 Å². The Morgan fingerprint density at radius 1 is 1.35 bits per heavy atom. The molecule has 0 spiro atoms. The van der Waals surface area contributed by atoms with E-state index in [1.807, 2.05) is 26.4 Å². The predicted molar refractivity (Wildman–Crippen MR) is 79.2 cm³/mol. The normalized spacial score (nSPS) is 19.2. The van der Waals surface area contributed by atoms with Gasteiger partial charge < -0.3 is 10.2 Å². The molecule has 0 aliphatic carbocycles. The van der Waals surface area contributed by atoms with Gasteiger partial charge in [-0.25, -0.2) is 0 Å². The van der Waals surface area contributed by atoms with Gasteiger partial charge in [-0.3, -0.25) is 9.48 Å². The third kappa shape index (κ3) is 3.60. The molecule has 1 aliphatic heterocycles. The fourth-order valence-electron chi connectivity index (χ4n) is 2.76. The lowest BCUT2D eigenvalue weighted by Gasteiger charge is -2.34. The summed E-state index contributed by atoms with van der Waals surface area (Å²) in [6.07, 6.45) is 5.69. The van der Waals surface area contributed by atoms with Crippen molar-refractivity contribution in [2.75, 3.05) is 13.1 Å². The number of rotatable bonds is 4. The molecule has 0 radical (unpaired) electrons. The van der Waals surface area contributed by atoms with Crippen molar-refractivity contribution in [2.45, 2.75) is 45.7 Å². The Morgan fingerprint density at radius 2 is 2.00 bits per heavy atom. The standard InChI is InChI=1S/C15H26N4O/c1-11(2)19-7-5-13(6-8-19)15(20)17-12(3)14-9-16-18(4)10-14/h9-13H,5-8H2,1-4H3,(H,17,20)/t12-/m0/s1. The second kappa shape index (κ2) is 6.39. The van der Waals surface area contributed by atoms with Gasteiger partial charge in [0.05, 0.1) is 12.2 Å². The van der Waals surface area contributed by atoms with Crippen LogP contribution in [0.4, 0.5) is 0 Å². The molecule has 0 saturated carbocycles. The molecule has 1 aliphatic rings. The van der Waals surface area contributed by atoms with E-state index in [1.54, 1.807) is 4.68 Å². The molecule has 2 rings (SSSR count). The number of hydrogen-bond acceptors (Lipinski definition) is 3. The number of hydrogen-bond donors (Lipinski definition) is 1. The zero-order valence-corrected chi connectivity index (χ0v) is 13.0. The lowest BCUT2D eigenvalue weighted by molar-refractivity contribution is -0.127. The topological polar surface area (TPSA) is 50.2 Å². The molecule has 1 N–H and O–H groups in total. The van der Waals surface area contributed by atoms with E-state index >= 15 is 0 Å². The van der Waals surface area contributed by atoms with Crippen LogP contribution in [0, 0.1) is 5.92 Å². The van der Waals surface area contributed by atoms with Crippen molar-refractivity contribution in [3.05, 3.63) is 18.0 Å². The van der Waals surface area contributed by atoms with Crippen LogP contribution in [0.2, 0.25) is 0 Å². The van der Waals surface area contributed by atoms with E-state index < -0.39 is 0 Å². The van der Waals surface area contributed by atoms with E-state index in [9.17, 15) is 4.79 Å². The predicted octanol–water partition coefficient (Wildman–Crippen LogP) is 1.72. The van der Waals surface area contributed by atoms with Crippen LogP contribution >= 0.6 is 0 Å². The van der Waals surface area contributed by atoms with Gasteiger partial charge >= 0.3 is 0 Å². The maximum absolute atomic E-state index is 12.3. The Bertz CT molecular complexity index is 446. The minimum absolute atomic E-state index is 0.0272. The number of likely N-dealkylation sites (tertiary alicyclic amines) is 1. The Labute approximate surface area is 121 Å². The SMILES string of the molecule is CC(C)N1CCC(C(=O)N[C@@H](C)c2cnn(C)c2)CC1. The van der Waals surface area contributed by atoms with E-state index in [0.29, 0.717) is 6.04 Å². The number of nitrogens with one attached hydrogen (secondary N) is 1. The first-order chi connectivity index (χ1) is 9.47. The summed E-state index contributed by atoms with van der Waals surface area (Å²) in [5, 5.41) is 7.26. The molecule has 0 unspecified atom stereocenters. The molecule has 1 aromatic heterocycles. The molecule has 112 valence electrons. The van der Waals surface area contributed by atoms with Crippen molar-refractivity contribution in [3.63, 3.8) is 0 Å². The average Bonchev–Trinajstić information content (AvgIpc) is 2.85. The molecule has 1 amide bonds. The lowest BCUT2D eigenvalue weighted by Crippen LogP contribution is -2.43. The largest absolute Gasteiger partial charge is 0.349 e. The number of amides is 1. The zero-order chi connectivity index (χ0) is 14.7. The maximum atomic E-state index is 12.3. The number of piperidine rings is 1. The quantitative estimate of drug-likeness (QED) is 0.912. The highest BCUT2D eigenvalue weighted by molar-refractivity contribution is 5.79. The van der Waals surface area contributed by atoms with Crippen LogP contribution in [0.5, 0.6) is 0 Å². The second-order valence-electron chi connectivity index (χ2n) is 6.08. The van der Waals surface area contributed by atoms with Crippen LogP contribution in [0.15, 0.2) is 12.4 Å². The van der Waals surface area contributed by atoms with Crippen LogP contribution < -0.4 is 5.32 Å². The first-order valence-electron chi connectivity index (χ1n) is 7.50. The monoisotopic (exact) mass is 278 g/mol. The smallest absolute Gasteiger partial charge is 0.223 e. The van der Waals surface area contributed by atoms with Crippen LogP contribution in [0.1, 0.15) is 45.2 Å². The Balaban J connectivity index is 1.84. The van der Waals surface area contributed by atoms with Gasteiger partial charge in [0.1, 0.15) is 0 Å². The van der Waals surface area contributed by atoms with Crippen LogP contribution in [-0.4, -0.2) is 39.7 Å². The minimum atomic E-state index is 0.0272. The molecule has 20 heavy (non-hydrogen) atoms. The maximum Gasteiger partial charge on any atom is 0.223 e. The third-order valence-electron chi connectivity index (χ3n) is 4.21. The van der Waals surface area contributed by atoms with Crippen molar-refractivity contribution in [2.24, 2.45) is 13.0 Å². The molecule has 1 atom stereocenters. The molecular formula is C15H26N4O. The summed E-state index contributed by atoms with van der Waals surface area (Å²) in [6, 6.07) is 0.604. The lowest BCUT2D eigenvalue weighted by atomic mass is 9.94. The minimum Gasteiger partial charge on any atom is -0.349 e. The second-order valence-corrected chi connectivity index (χ2v) is 6.08. The van der Waals surface area contributed by atoms with E-state index in [-0.39, 0.29) is 17.9 Å². The van der Waals surface area contributed by atoms with Crippen LogP contribution in [0.25, 0.3) is 0 Å². The molecule has 5 nitrogen and oxygen atoms in total. The number of aromatic nitrogens is 2. The highest BCUT2D eigenvalue weighted by Gasteiger charge is 2.26. The van der Waals surface area contributed by atoms with Crippen molar-refractivity contribution in [1.82, 2.24) is 20.0 Å². The first-order valence-corrected chi connectivity index (χ1v) is 7.50. The summed E-state index contributed by atoms with van der Waals surface area (Å²) in [7, 11) is 1.89. The molecule has 5 heteroatoms. The fraction of sp³-hybridized carbons (Fsp3) is 0.733. The third-order valence-corrected chi connectivity index (χ3v) is 4.21. The number of aryl methyl sites for hydroxylation is 1. The molecule has 1 fully saturated rings. The van der Waals surface area contributed by atoms with Gasteiger partial charge in [0.25, 0.3) is 0 Å². The average molecular weight is 278 g/mol. The van der Waals surface area contributed by atoms with Crippen LogP contribution in [-0.2, 0) is 11.8 Å². The van der Waals surface area contributed by atoms with Gasteiger partial charge in [0.2, 0.25) is 5.91 Å². The van der Waals surface area contributed by atoms with Gasteiger partial charge in [-0.05, 0) is 46.7 Å². The van der Waals surface area contributed by atoms with Gasteiger partial charge in [0.15, 0.2) is 0 Å². The molecule has 1 saturated heterocycles. The summed E-state index contributed by atoms with van der Waals surface area (Å²) in [5.41, 5.74) is 1.06. The number of carbonyl (C=O) groups is 1. The molecule has 0 bridgehead atoms. The van der Waals surface area contributed by atoms with Crippen molar-refractivity contribution in [1.29, 1.82) is 0 Å². The fourth-order valence-corrected chi connectivity index (χ4v) is 2.76. The highest BCUT2D eigenvalue weighted by atomic mass is 16.1. The van der Waals surface area contributed by atoms with Gasteiger partial charge in [-0.15, -0.1) is 0 Å². The summed E-state index contributed by atoms with van der Waals surface area (Å²) in [6.45, 7) is 8.49. The van der Waals surface area contributed by atoms with Gasteiger partial charge in [-0.1, -0.05) is 0 Å². The van der Waals surface area contributed by atoms with Gasteiger partial charge in [-0.2, -0.15) is 5.10 Å². The molecule has 2 heterocycles. The summed E-state index contributed by atoms with van der Waals surface area (Å²) >= 11 is 0. The first kappa shape index (κ1) is 15.0. The Morgan fingerprint density at radius 3 is 2.50 bits per heavy atom. The molecule has 0 aromatic carbocycles. The summed E-state index contributed by atoms with van der Waals surface area (Å²) in [4.78, 5) is 14.7. The summed E-state index contributed by atoms with van der Waals surface area (Å²) in [5.74, 6) is 0.342. The van der Waals surface area contributed by atoms with Crippen molar-refractivity contribution >= 4 is 5.91 Å². The Kier molecular flexibility index (Phi) is 4.81. The number of nitrogens with zero attached hydrogens (tertiary/aromatic N) is 3. The van der Waals surface area contributed by atoms with E-state index in [1.165, 1.54) is 0 Å². The van der Waals surface area contributed by atoms with Crippen LogP contribution in [0.3, 0.4) is 0 Å². The number of carbonyl (C=O) groups excluding carboxylic acids is 1. The summed E-state index contributed by atoms with van der Waals surface area (Å²) < 4.78 is 1.76. The van der Waals surface area contributed by atoms with E-state index in [2.05, 4.69) is 29.2 Å². The highest BCUT2D eigenvalue weighted by Crippen LogP contribution is 2.20. The molecule has 1 aromatic rings.